The van der Waals surface area contributed by atoms with Crippen LogP contribution in [0, 0.1) is 0 Å². The molecule has 0 atom stereocenters. The van der Waals surface area contributed by atoms with E-state index in [2.05, 4.69) is 11.9 Å². The van der Waals surface area contributed by atoms with Gasteiger partial charge in [0.15, 0.2) is 0 Å². The number of carbonyl (C=O) groups excluding carboxylic acids is 1. The van der Waals surface area contributed by atoms with Gasteiger partial charge < -0.3 is 0 Å². The fraction of sp³-hybridized carbons (Fsp3) is 0.400. The summed E-state index contributed by atoms with van der Waals surface area (Å²) in [5.74, 6) is 0.907. The first-order chi connectivity index (χ1) is 6.34. The molecule has 1 aromatic rings. The molecule has 0 saturated heterocycles. The summed E-state index contributed by atoms with van der Waals surface area (Å²) < 4.78 is 0. The standard InChI is InChI=1S/C10H13NOS/c1-2-3-7-13-10(12)9-5-4-6-11-8-9/h4-6,8H,2-3,7H2,1H3. The molecule has 0 saturated carbocycles. The van der Waals surface area contributed by atoms with Crippen molar-refractivity contribution < 1.29 is 4.79 Å². The van der Waals surface area contributed by atoms with E-state index in [0.717, 1.165) is 18.6 Å². The Bertz CT molecular complexity index is 261. The lowest BCUT2D eigenvalue weighted by molar-refractivity contribution is 0.108. The molecular weight excluding hydrogens is 182 g/mol. The van der Waals surface area contributed by atoms with E-state index in [-0.39, 0.29) is 5.12 Å². The molecule has 0 N–H and O–H groups in total. The molecule has 13 heavy (non-hydrogen) atoms. The van der Waals surface area contributed by atoms with Crippen molar-refractivity contribution >= 4 is 16.9 Å². The molecule has 0 spiro atoms. The predicted octanol–water partition coefficient (Wildman–Crippen LogP) is 2.76. The van der Waals surface area contributed by atoms with Gasteiger partial charge in [-0.05, 0) is 18.6 Å². The van der Waals surface area contributed by atoms with E-state index in [0.29, 0.717) is 5.56 Å². The molecule has 70 valence electrons. The van der Waals surface area contributed by atoms with Gasteiger partial charge in [-0.2, -0.15) is 0 Å². The monoisotopic (exact) mass is 195 g/mol. The van der Waals surface area contributed by atoms with E-state index >= 15 is 0 Å². The van der Waals surface area contributed by atoms with Gasteiger partial charge in [0.25, 0.3) is 0 Å². The third-order valence-electron chi connectivity index (χ3n) is 1.63. The highest BCUT2D eigenvalue weighted by molar-refractivity contribution is 8.14. The first-order valence-corrected chi connectivity index (χ1v) is 5.40. The Labute approximate surface area is 82.8 Å². The molecule has 0 aliphatic carbocycles. The van der Waals surface area contributed by atoms with Crippen molar-refractivity contribution in [2.75, 3.05) is 5.75 Å². The third kappa shape index (κ3) is 3.59. The number of hydrogen-bond donors (Lipinski definition) is 0. The second-order valence-corrected chi connectivity index (χ2v) is 3.80. The zero-order valence-corrected chi connectivity index (χ0v) is 8.51. The lowest BCUT2D eigenvalue weighted by Crippen LogP contribution is -1.95. The number of thioether (sulfide) groups is 1. The van der Waals surface area contributed by atoms with E-state index in [4.69, 9.17) is 0 Å². The zero-order chi connectivity index (χ0) is 9.52. The summed E-state index contributed by atoms with van der Waals surface area (Å²) in [6.45, 7) is 2.12. The van der Waals surface area contributed by atoms with Gasteiger partial charge in [0.05, 0.1) is 0 Å². The molecule has 0 aliphatic rings. The Morgan fingerprint density at radius 1 is 1.62 bits per heavy atom. The minimum Gasteiger partial charge on any atom is -0.282 e. The maximum absolute atomic E-state index is 11.4. The van der Waals surface area contributed by atoms with Crippen LogP contribution >= 0.6 is 11.8 Å². The normalized spacial score (nSPS) is 9.92. The molecule has 3 heteroatoms. The van der Waals surface area contributed by atoms with Crippen molar-refractivity contribution in [2.45, 2.75) is 19.8 Å². The van der Waals surface area contributed by atoms with Crippen LogP contribution in [0.25, 0.3) is 0 Å². The van der Waals surface area contributed by atoms with Crippen molar-refractivity contribution in [1.82, 2.24) is 4.98 Å². The fourth-order valence-electron chi connectivity index (χ4n) is 0.876. The van der Waals surface area contributed by atoms with Crippen LogP contribution in [0.1, 0.15) is 30.1 Å². The van der Waals surface area contributed by atoms with Gasteiger partial charge in [-0.25, -0.2) is 0 Å². The molecule has 1 heterocycles. The van der Waals surface area contributed by atoms with E-state index < -0.39 is 0 Å². The number of carbonyl (C=O) groups is 1. The number of unbranched alkanes of at least 4 members (excludes halogenated alkanes) is 1. The van der Waals surface area contributed by atoms with Crippen molar-refractivity contribution in [1.29, 1.82) is 0 Å². The molecular formula is C10H13NOS. The zero-order valence-electron chi connectivity index (χ0n) is 7.69. The first-order valence-electron chi connectivity index (χ1n) is 4.41. The van der Waals surface area contributed by atoms with Crippen molar-refractivity contribution in [2.24, 2.45) is 0 Å². The lowest BCUT2D eigenvalue weighted by Gasteiger charge is -1.98. The summed E-state index contributed by atoms with van der Waals surface area (Å²) in [4.78, 5) is 15.3. The second-order valence-electron chi connectivity index (χ2n) is 2.73. The van der Waals surface area contributed by atoms with Crippen molar-refractivity contribution in [3.8, 4) is 0 Å². The molecule has 1 aromatic heterocycles. The molecule has 0 amide bonds. The minimum absolute atomic E-state index is 0.126. The highest BCUT2D eigenvalue weighted by atomic mass is 32.2. The predicted molar refractivity (Wildman–Crippen MR) is 55.9 cm³/mol. The Hall–Kier alpha value is -0.830. The van der Waals surface area contributed by atoms with E-state index in [1.807, 2.05) is 0 Å². The van der Waals surface area contributed by atoms with Gasteiger partial charge in [-0.3, -0.25) is 9.78 Å². The molecule has 2 nitrogen and oxygen atoms in total. The van der Waals surface area contributed by atoms with Crippen molar-refractivity contribution in [3.63, 3.8) is 0 Å². The van der Waals surface area contributed by atoms with Crippen LogP contribution < -0.4 is 0 Å². The topological polar surface area (TPSA) is 30.0 Å². The molecule has 0 fully saturated rings. The number of rotatable bonds is 4. The molecule has 0 aromatic carbocycles. The van der Waals surface area contributed by atoms with Gasteiger partial charge in [-0.15, -0.1) is 0 Å². The van der Waals surface area contributed by atoms with Crippen LogP contribution in [0.4, 0.5) is 0 Å². The highest BCUT2D eigenvalue weighted by Gasteiger charge is 2.04. The summed E-state index contributed by atoms with van der Waals surface area (Å²) in [6, 6.07) is 3.59. The Balaban J connectivity index is 2.40. The van der Waals surface area contributed by atoms with Crippen LogP contribution in [0.2, 0.25) is 0 Å². The van der Waals surface area contributed by atoms with Crippen LogP contribution in [0.15, 0.2) is 24.5 Å². The summed E-state index contributed by atoms with van der Waals surface area (Å²) in [5, 5.41) is 0.126. The average molecular weight is 195 g/mol. The molecule has 0 aliphatic heterocycles. The van der Waals surface area contributed by atoms with Crippen molar-refractivity contribution in [3.05, 3.63) is 30.1 Å². The van der Waals surface area contributed by atoms with Crippen LogP contribution in [0.3, 0.4) is 0 Å². The number of aromatic nitrogens is 1. The SMILES string of the molecule is CCCCSC(=O)c1cccnc1. The van der Waals surface area contributed by atoms with Crippen LogP contribution in [-0.2, 0) is 0 Å². The van der Waals surface area contributed by atoms with Gasteiger partial charge in [0.2, 0.25) is 5.12 Å². The highest BCUT2D eigenvalue weighted by Crippen LogP contribution is 2.12. The Morgan fingerprint density at radius 2 is 2.46 bits per heavy atom. The summed E-state index contributed by atoms with van der Waals surface area (Å²) >= 11 is 1.38. The maximum Gasteiger partial charge on any atom is 0.220 e. The van der Waals surface area contributed by atoms with E-state index in [1.165, 1.54) is 11.8 Å². The Kier molecular flexibility index (Phi) is 4.54. The first kappa shape index (κ1) is 10.3. The molecule has 0 bridgehead atoms. The number of nitrogens with zero attached hydrogens (tertiary/aromatic N) is 1. The quantitative estimate of drug-likeness (QED) is 0.692. The molecule has 0 radical (unpaired) electrons. The van der Waals surface area contributed by atoms with Gasteiger partial charge in [-0.1, -0.05) is 25.1 Å². The minimum atomic E-state index is 0.126. The lowest BCUT2D eigenvalue weighted by atomic mass is 10.3. The number of pyridine rings is 1. The smallest absolute Gasteiger partial charge is 0.220 e. The second kappa shape index (κ2) is 5.75. The van der Waals surface area contributed by atoms with E-state index in [1.54, 1.807) is 24.5 Å². The van der Waals surface area contributed by atoms with Gasteiger partial charge >= 0.3 is 0 Å². The molecule has 1 rings (SSSR count). The fourth-order valence-corrected chi connectivity index (χ4v) is 1.78. The molecule has 0 unspecified atom stereocenters. The maximum atomic E-state index is 11.4. The number of hydrogen-bond acceptors (Lipinski definition) is 3. The summed E-state index contributed by atoms with van der Waals surface area (Å²) in [5.41, 5.74) is 0.698. The third-order valence-corrected chi connectivity index (χ3v) is 2.62. The van der Waals surface area contributed by atoms with E-state index in [9.17, 15) is 4.79 Å². The summed E-state index contributed by atoms with van der Waals surface area (Å²) in [7, 11) is 0. The van der Waals surface area contributed by atoms with Gasteiger partial charge in [0, 0.05) is 23.7 Å². The van der Waals surface area contributed by atoms with Crippen LogP contribution in [0.5, 0.6) is 0 Å². The Morgan fingerprint density at radius 3 is 3.08 bits per heavy atom. The largest absolute Gasteiger partial charge is 0.282 e. The van der Waals surface area contributed by atoms with Gasteiger partial charge in [0.1, 0.15) is 0 Å². The summed E-state index contributed by atoms with van der Waals surface area (Å²) in [6.07, 6.45) is 5.51. The average Bonchev–Trinajstić information content (AvgIpc) is 2.19. The van der Waals surface area contributed by atoms with Crippen LogP contribution in [-0.4, -0.2) is 15.9 Å².